The average molecular weight is 293 g/mol. The van der Waals surface area contributed by atoms with Gasteiger partial charge in [-0.2, -0.15) is 0 Å². The number of methoxy groups -OCH3 is 1. The Morgan fingerprint density at radius 1 is 1.38 bits per heavy atom. The number of esters is 1. The second-order valence-corrected chi connectivity index (χ2v) is 4.75. The molecule has 0 aromatic heterocycles. The number of nitro groups is 1. The Morgan fingerprint density at radius 3 is 2.76 bits per heavy atom. The van der Waals surface area contributed by atoms with E-state index >= 15 is 0 Å². The number of nitro benzene ring substituents is 1. The van der Waals surface area contributed by atoms with Crippen LogP contribution >= 0.6 is 0 Å². The van der Waals surface area contributed by atoms with Crippen LogP contribution in [0.15, 0.2) is 18.2 Å². The summed E-state index contributed by atoms with van der Waals surface area (Å²) < 4.78 is 10.2. The average Bonchev–Trinajstić information content (AvgIpc) is 2.48. The normalized spacial score (nSPS) is 18.1. The Kier molecular flexibility index (Phi) is 4.52. The van der Waals surface area contributed by atoms with Crippen LogP contribution in [0.1, 0.15) is 36.0 Å². The third-order valence-electron chi connectivity index (χ3n) is 3.36. The first-order chi connectivity index (χ1) is 10.0. The molecule has 1 aliphatic rings. The summed E-state index contributed by atoms with van der Waals surface area (Å²) in [4.78, 5) is 34.0. The number of Topliss-reactive ketones (excluding diaryl/α,β-unsaturated/α-hetero) is 1. The van der Waals surface area contributed by atoms with Crippen LogP contribution in [0, 0.1) is 10.1 Å². The van der Waals surface area contributed by atoms with Crippen LogP contribution in [-0.4, -0.2) is 29.9 Å². The molecule has 0 aliphatic heterocycles. The van der Waals surface area contributed by atoms with Crippen molar-refractivity contribution in [2.45, 2.75) is 31.8 Å². The van der Waals surface area contributed by atoms with Crippen LogP contribution in [0.25, 0.3) is 0 Å². The van der Waals surface area contributed by atoms with E-state index in [9.17, 15) is 19.7 Å². The van der Waals surface area contributed by atoms with Crippen molar-refractivity contribution in [1.82, 2.24) is 0 Å². The molecule has 1 aromatic rings. The van der Waals surface area contributed by atoms with E-state index in [4.69, 9.17) is 9.47 Å². The lowest BCUT2D eigenvalue weighted by molar-refractivity contribution is -0.384. The second-order valence-electron chi connectivity index (χ2n) is 4.75. The van der Waals surface area contributed by atoms with Gasteiger partial charge >= 0.3 is 5.97 Å². The van der Waals surface area contributed by atoms with Crippen molar-refractivity contribution in [1.29, 1.82) is 0 Å². The highest BCUT2D eigenvalue weighted by atomic mass is 16.6. The van der Waals surface area contributed by atoms with E-state index in [1.54, 1.807) is 0 Å². The van der Waals surface area contributed by atoms with Gasteiger partial charge < -0.3 is 9.47 Å². The van der Waals surface area contributed by atoms with E-state index < -0.39 is 17.0 Å². The third-order valence-corrected chi connectivity index (χ3v) is 3.36. The summed E-state index contributed by atoms with van der Waals surface area (Å²) in [6.45, 7) is 0. The summed E-state index contributed by atoms with van der Waals surface area (Å²) >= 11 is 0. The molecule has 0 heterocycles. The quantitative estimate of drug-likeness (QED) is 0.480. The minimum atomic E-state index is -0.782. The van der Waals surface area contributed by atoms with Crippen molar-refractivity contribution in [3.63, 3.8) is 0 Å². The lowest BCUT2D eigenvalue weighted by Crippen LogP contribution is -2.30. The van der Waals surface area contributed by atoms with E-state index in [0.717, 1.165) is 18.9 Å². The lowest BCUT2D eigenvalue weighted by Gasteiger charge is -2.21. The van der Waals surface area contributed by atoms with Crippen molar-refractivity contribution < 1.29 is 24.0 Å². The van der Waals surface area contributed by atoms with E-state index in [2.05, 4.69) is 0 Å². The molecular formula is C14H15NO6. The van der Waals surface area contributed by atoms with Gasteiger partial charge in [0.15, 0.2) is 11.9 Å². The maximum absolute atomic E-state index is 12.1. The molecule has 1 fully saturated rings. The smallest absolute Gasteiger partial charge is 0.342 e. The number of hydrogen-bond donors (Lipinski definition) is 0. The molecule has 0 amide bonds. The van der Waals surface area contributed by atoms with Gasteiger partial charge in [-0.05, 0) is 25.3 Å². The topological polar surface area (TPSA) is 95.7 Å². The highest BCUT2D eigenvalue weighted by molar-refractivity contribution is 5.95. The zero-order valence-electron chi connectivity index (χ0n) is 11.5. The van der Waals surface area contributed by atoms with Gasteiger partial charge in [0.25, 0.3) is 5.69 Å². The maximum atomic E-state index is 12.1. The molecule has 0 unspecified atom stereocenters. The summed E-state index contributed by atoms with van der Waals surface area (Å²) in [5.74, 6) is -0.719. The van der Waals surface area contributed by atoms with Gasteiger partial charge in [-0.15, -0.1) is 0 Å². The molecule has 0 saturated heterocycles. The molecule has 7 heteroatoms. The predicted octanol–water partition coefficient (Wildman–Crippen LogP) is 2.27. The number of ketones is 1. The van der Waals surface area contributed by atoms with Crippen LogP contribution in [0.4, 0.5) is 5.69 Å². The van der Waals surface area contributed by atoms with Gasteiger partial charge in [-0.25, -0.2) is 4.79 Å². The monoisotopic (exact) mass is 293 g/mol. The minimum Gasteiger partial charge on any atom is -0.496 e. The fourth-order valence-corrected chi connectivity index (χ4v) is 2.24. The van der Waals surface area contributed by atoms with Gasteiger partial charge in [-0.1, -0.05) is 0 Å². The number of ether oxygens (including phenoxy) is 2. The highest BCUT2D eigenvalue weighted by Crippen LogP contribution is 2.26. The van der Waals surface area contributed by atoms with Gasteiger partial charge in [0, 0.05) is 18.6 Å². The predicted molar refractivity (Wildman–Crippen MR) is 72.3 cm³/mol. The number of hydrogen-bond acceptors (Lipinski definition) is 6. The Bertz CT molecular complexity index is 583. The molecule has 2 rings (SSSR count). The van der Waals surface area contributed by atoms with Gasteiger partial charge in [0.1, 0.15) is 11.3 Å². The Hall–Kier alpha value is -2.44. The standard InChI is InChI=1S/C14H15NO6/c1-20-12-7-6-9(15(18)19)8-10(12)14(17)21-13-5-3-2-4-11(13)16/h6-8,13H,2-5H2,1H3/t13-/m0/s1. The molecule has 0 N–H and O–H groups in total. The Balaban J connectivity index is 2.22. The molecule has 1 atom stereocenters. The number of rotatable bonds is 4. The highest BCUT2D eigenvalue weighted by Gasteiger charge is 2.28. The van der Waals surface area contributed by atoms with Crippen LogP contribution < -0.4 is 4.74 Å². The fraction of sp³-hybridized carbons (Fsp3) is 0.429. The van der Waals surface area contributed by atoms with Crippen LogP contribution in [-0.2, 0) is 9.53 Å². The van der Waals surface area contributed by atoms with Crippen LogP contribution in [0.2, 0.25) is 0 Å². The van der Waals surface area contributed by atoms with Crippen molar-refractivity contribution in [2.75, 3.05) is 7.11 Å². The molecule has 7 nitrogen and oxygen atoms in total. The Morgan fingerprint density at radius 2 is 2.14 bits per heavy atom. The molecule has 1 saturated carbocycles. The number of carbonyl (C=O) groups excluding carboxylic acids is 2. The molecule has 0 spiro atoms. The summed E-state index contributed by atoms with van der Waals surface area (Å²) in [5, 5.41) is 10.8. The number of benzene rings is 1. The molecule has 0 bridgehead atoms. The van der Waals surface area contributed by atoms with Crippen molar-refractivity contribution >= 4 is 17.4 Å². The first kappa shape index (κ1) is 15.0. The first-order valence-corrected chi connectivity index (χ1v) is 6.59. The fourth-order valence-electron chi connectivity index (χ4n) is 2.24. The third kappa shape index (κ3) is 3.36. The Labute approximate surface area is 121 Å². The SMILES string of the molecule is COc1ccc([N+](=O)[O-])cc1C(=O)O[C@H]1CCCCC1=O. The molecule has 21 heavy (non-hydrogen) atoms. The van der Waals surface area contributed by atoms with Gasteiger partial charge in [0.05, 0.1) is 12.0 Å². The van der Waals surface area contributed by atoms with Crippen molar-refractivity contribution in [3.05, 3.63) is 33.9 Å². The van der Waals surface area contributed by atoms with Crippen LogP contribution in [0.3, 0.4) is 0 Å². The van der Waals surface area contributed by atoms with Crippen LogP contribution in [0.5, 0.6) is 5.75 Å². The second kappa shape index (κ2) is 6.34. The van der Waals surface area contributed by atoms with E-state index in [1.165, 1.54) is 19.2 Å². The maximum Gasteiger partial charge on any atom is 0.342 e. The summed E-state index contributed by atoms with van der Waals surface area (Å²) in [6, 6.07) is 3.66. The zero-order chi connectivity index (χ0) is 15.4. The van der Waals surface area contributed by atoms with E-state index in [0.29, 0.717) is 12.8 Å². The van der Waals surface area contributed by atoms with Crippen molar-refractivity contribution in [2.24, 2.45) is 0 Å². The minimum absolute atomic E-state index is 0.0509. The molecule has 0 radical (unpaired) electrons. The van der Waals surface area contributed by atoms with Crippen molar-refractivity contribution in [3.8, 4) is 5.75 Å². The lowest BCUT2D eigenvalue weighted by atomic mass is 9.96. The number of non-ortho nitro benzene ring substituents is 1. The molecule has 1 aromatic carbocycles. The zero-order valence-corrected chi connectivity index (χ0v) is 11.5. The first-order valence-electron chi connectivity index (χ1n) is 6.59. The van der Waals surface area contributed by atoms with E-state index in [1.807, 2.05) is 0 Å². The summed E-state index contributed by atoms with van der Waals surface area (Å²) in [6.07, 6.45) is 1.73. The van der Waals surface area contributed by atoms with E-state index in [-0.39, 0.29) is 22.8 Å². The summed E-state index contributed by atoms with van der Waals surface area (Å²) in [7, 11) is 1.35. The molecule has 112 valence electrons. The number of carbonyl (C=O) groups is 2. The van der Waals surface area contributed by atoms with Gasteiger partial charge in [0.2, 0.25) is 0 Å². The van der Waals surface area contributed by atoms with Gasteiger partial charge in [-0.3, -0.25) is 14.9 Å². The summed E-state index contributed by atoms with van der Waals surface area (Å²) in [5.41, 5.74) is -0.289. The number of nitrogens with zero attached hydrogens (tertiary/aromatic N) is 1. The largest absolute Gasteiger partial charge is 0.496 e. The molecular weight excluding hydrogens is 278 g/mol. The molecule has 1 aliphatic carbocycles.